The van der Waals surface area contributed by atoms with Crippen LogP contribution in [0.4, 0.5) is 18.9 Å². The van der Waals surface area contributed by atoms with Crippen molar-refractivity contribution in [2.75, 3.05) is 57.8 Å². The average Bonchev–Trinajstić information content (AvgIpc) is 3.85. The van der Waals surface area contributed by atoms with Crippen molar-refractivity contribution in [1.82, 2.24) is 35.2 Å². The lowest BCUT2D eigenvalue weighted by molar-refractivity contribution is -0.274. The van der Waals surface area contributed by atoms with E-state index < -0.39 is 11.9 Å². The molecule has 0 aliphatic carbocycles. The fourth-order valence-corrected chi connectivity index (χ4v) is 9.03. The number of nitrogens with one attached hydrogen (secondary N) is 3. The van der Waals surface area contributed by atoms with Crippen LogP contribution >= 0.6 is 23.2 Å². The van der Waals surface area contributed by atoms with E-state index in [4.69, 9.17) is 23.2 Å². The van der Waals surface area contributed by atoms with Gasteiger partial charge < -0.3 is 24.8 Å². The van der Waals surface area contributed by atoms with Crippen molar-refractivity contribution >= 4 is 56.6 Å². The average molecular weight is 848 g/mol. The highest BCUT2D eigenvalue weighted by Gasteiger charge is 2.43. The number of halogens is 5. The molecule has 2 aliphatic rings. The van der Waals surface area contributed by atoms with Crippen molar-refractivity contribution in [1.29, 1.82) is 0 Å². The van der Waals surface area contributed by atoms with Gasteiger partial charge in [0.25, 0.3) is 0 Å². The molecule has 0 saturated carbocycles. The zero-order valence-electron chi connectivity index (χ0n) is 32.8. The van der Waals surface area contributed by atoms with Gasteiger partial charge in [-0.3, -0.25) is 19.7 Å². The fourth-order valence-electron chi connectivity index (χ4n) is 8.52. The monoisotopic (exact) mass is 846 g/mol. The fraction of sp³-hybridized carbons (Fsp3) is 0.364. The molecule has 59 heavy (non-hydrogen) atoms. The Morgan fingerprint density at radius 2 is 1.64 bits per heavy atom. The first-order valence-electron chi connectivity index (χ1n) is 20.0. The molecular formula is C44H47Cl2F3N8O2. The Labute approximate surface area is 351 Å². The predicted molar refractivity (Wildman–Crippen MR) is 228 cm³/mol. The Balaban J connectivity index is 0.965. The van der Waals surface area contributed by atoms with Crippen LogP contribution in [0.3, 0.4) is 0 Å². The molecule has 310 valence electrons. The maximum absolute atomic E-state index is 14.1. The third-order valence-corrected chi connectivity index (χ3v) is 12.5. The second-order valence-corrected chi connectivity index (χ2v) is 16.3. The molecule has 2 fully saturated rings. The van der Waals surface area contributed by atoms with E-state index in [1.54, 1.807) is 18.3 Å². The number of H-pyrrole nitrogens is 1. The maximum Gasteiger partial charge on any atom is 0.573 e. The van der Waals surface area contributed by atoms with E-state index in [0.29, 0.717) is 48.9 Å². The van der Waals surface area contributed by atoms with Crippen LogP contribution in [0.25, 0.3) is 32.9 Å². The van der Waals surface area contributed by atoms with E-state index in [1.807, 2.05) is 43.4 Å². The molecule has 15 heteroatoms. The summed E-state index contributed by atoms with van der Waals surface area (Å²) >= 11 is 12.9. The van der Waals surface area contributed by atoms with Gasteiger partial charge in [0.1, 0.15) is 11.3 Å². The molecule has 0 atom stereocenters. The highest BCUT2D eigenvalue weighted by molar-refractivity contribution is 6.36. The topological polar surface area (TPSA) is 93.7 Å². The summed E-state index contributed by atoms with van der Waals surface area (Å²) in [5, 5.41) is 17.2. The van der Waals surface area contributed by atoms with Gasteiger partial charge >= 0.3 is 6.36 Å². The number of likely N-dealkylation sites (N-methyl/N-ethyl adjacent to an activating group) is 1. The second kappa shape index (κ2) is 17.4. The number of aromatic amines is 1. The summed E-state index contributed by atoms with van der Waals surface area (Å²) in [5.74, 6) is -0.264. The van der Waals surface area contributed by atoms with Gasteiger partial charge in [0.2, 0.25) is 5.91 Å². The Kier molecular flexibility index (Phi) is 12.1. The minimum atomic E-state index is -4.77. The third kappa shape index (κ3) is 9.19. The van der Waals surface area contributed by atoms with Crippen LogP contribution in [0, 0.1) is 0 Å². The first-order valence-corrected chi connectivity index (χ1v) is 20.7. The van der Waals surface area contributed by atoms with Crippen LogP contribution in [-0.4, -0.2) is 95.2 Å². The molecule has 2 saturated heterocycles. The number of piperidine rings is 1. The van der Waals surface area contributed by atoms with Gasteiger partial charge in [-0.25, -0.2) is 0 Å². The molecule has 3 N–H and O–H groups in total. The molecular weight excluding hydrogens is 800 g/mol. The van der Waals surface area contributed by atoms with Gasteiger partial charge in [-0.05, 0) is 98.1 Å². The predicted octanol–water partition coefficient (Wildman–Crippen LogP) is 8.47. The first kappa shape index (κ1) is 41.0. The summed E-state index contributed by atoms with van der Waals surface area (Å²) in [5.41, 5.74) is 5.96. The van der Waals surface area contributed by atoms with Crippen molar-refractivity contribution in [3.8, 4) is 16.9 Å². The Morgan fingerprint density at radius 1 is 0.932 bits per heavy atom. The van der Waals surface area contributed by atoms with Gasteiger partial charge in [-0.15, -0.1) is 13.2 Å². The van der Waals surface area contributed by atoms with E-state index in [0.717, 1.165) is 95.6 Å². The Hall–Kier alpha value is -4.79. The number of piperazine rings is 1. The van der Waals surface area contributed by atoms with E-state index in [1.165, 1.54) is 12.1 Å². The van der Waals surface area contributed by atoms with Gasteiger partial charge in [-0.2, -0.15) is 5.10 Å². The number of benzene rings is 4. The lowest BCUT2D eigenvalue weighted by Gasteiger charge is -2.44. The molecule has 0 spiro atoms. The van der Waals surface area contributed by atoms with E-state index in [-0.39, 0.29) is 11.7 Å². The zero-order chi connectivity index (χ0) is 41.1. The highest BCUT2D eigenvalue weighted by atomic mass is 35.5. The molecule has 2 aliphatic heterocycles. The summed E-state index contributed by atoms with van der Waals surface area (Å²) in [6.45, 7) is 7.56. The van der Waals surface area contributed by atoms with Crippen molar-refractivity contribution in [3.05, 3.63) is 112 Å². The van der Waals surface area contributed by atoms with Crippen LogP contribution in [0.15, 0.2) is 91.3 Å². The van der Waals surface area contributed by atoms with Crippen LogP contribution < -0.4 is 20.3 Å². The number of hydrogen-bond donors (Lipinski definition) is 3. The minimum Gasteiger partial charge on any atom is -0.406 e. The number of hydrogen-bond acceptors (Lipinski definition) is 7. The first-order chi connectivity index (χ1) is 28.5. The van der Waals surface area contributed by atoms with Gasteiger partial charge in [0.15, 0.2) is 0 Å². The summed E-state index contributed by atoms with van der Waals surface area (Å²) < 4.78 is 45.2. The molecule has 2 aromatic heterocycles. The zero-order valence-corrected chi connectivity index (χ0v) is 34.3. The number of carbonyl (C=O) groups excluding carboxylic acids is 1. The van der Waals surface area contributed by atoms with Gasteiger partial charge in [0, 0.05) is 109 Å². The highest BCUT2D eigenvalue weighted by Crippen LogP contribution is 2.35. The molecule has 6 aromatic rings. The normalized spacial score (nSPS) is 16.4. The molecule has 0 radical (unpaired) electrons. The lowest BCUT2D eigenvalue weighted by atomic mass is 9.85. The summed E-state index contributed by atoms with van der Waals surface area (Å²) in [4.78, 5) is 21.0. The molecule has 4 aromatic carbocycles. The van der Waals surface area contributed by atoms with Crippen molar-refractivity contribution in [2.45, 2.75) is 50.8 Å². The lowest BCUT2D eigenvalue weighted by Crippen LogP contribution is -2.62. The molecule has 4 heterocycles. The molecule has 8 rings (SSSR count). The van der Waals surface area contributed by atoms with Gasteiger partial charge in [-0.1, -0.05) is 47.5 Å². The van der Waals surface area contributed by atoms with Crippen LogP contribution in [-0.2, 0) is 24.4 Å². The maximum atomic E-state index is 14.1. The second-order valence-electron chi connectivity index (χ2n) is 15.5. The number of ether oxygens (including phenoxy) is 1. The molecule has 0 bridgehead atoms. The number of alkyl halides is 3. The number of carbonyl (C=O) groups is 1. The third-order valence-electron chi connectivity index (χ3n) is 11.8. The number of amides is 1. The van der Waals surface area contributed by atoms with Gasteiger partial charge in [0.05, 0.1) is 11.7 Å². The molecule has 1 amide bonds. The van der Waals surface area contributed by atoms with E-state index >= 15 is 0 Å². The largest absolute Gasteiger partial charge is 0.573 e. The number of rotatable bonds is 13. The van der Waals surface area contributed by atoms with E-state index in [9.17, 15) is 18.0 Å². The Morgan fingerprint density at radius 3 is 2.36 bits per heavy atom. The number of aryl methyl sites for hydroxylation is 1. The standard InChI is InChI=1S/C44H47Cl2F3N8O2/c1-54(33-10-7-32-26-52-53-40(32)25-33)43(14-17-50-18-15-43)42(58)51-16-3-19-57-29-36(31-8-11-34(12-9-31)59-44(47,48)49)35-24-30(6-13-41(35)57)27-55-20-22-56(23-21-55)28-37-38(45)4-2-5-39(37)46/h2,4-13,24-26,29,50H,3,14-23,27-28H2,1H3,(H,51,58)(H,52,53). The quantitative estimate of drug-likeness (QED) is 0.101. The SMILES string of the molecule is CN(c1ccc2cn[nH]c2c1)C1(C(=O)NCCCn2cc(-c3ccc(OC(F)(F)F)cc3)c3cc(CN4CCN(Cc5c(Cl)cccc5Cl)CC4)ccc32)CCNCC1. The summed E-state index contributed by atoms with van der Waals surface area (Å²) in [6, 6.07) is 24.2. The Bertz CT molecular complexity index is 2380. The van der Waals surface area contributed by atoms with Crippen molar-refractivity contribution in [3.63, 3.8) is 0 Å². The van der Waals surface area contributed by atoms with Crippen molar-refractivity contribution in [2.24, 2.45) is 0 Å². The number of nitrogens with zero attached hydrogens (tertiary/aromatic N) is 5. The summed E-state index contributed by atoms with van der Waals surface area (Å²) in [7, 11) is 1.99. The van der Waals surface area contributed by atoms with Crippen LogP contribution in [0.2, 0.25) is 10.0 Å². The van der Waals surface area contributed by atoms with Crippen LogP contribution in [0.1, 0.15) is 30.4 Å². The van der Waals surface area contributed by atoms with E-state index in [2.05, 4.69) is 69.2 Å². The number of anilines is 1. The minimum absolute atomic E-state index is 0.00330. The van der Waals surface area contributed by atoms with Crippen LogP contribution in [0.5, 0.6) is 5.75 Å². The van der Waals surface area contributed by atoms with Crippen molar-refractivity contribution < 1.29 is 22.7 Å². The smallest absolute Gasteiger partial charge is 0.406 e. The molecule has 10 nitrogen and oxygen atoms in total. The summed E-state index contributed by atoms with van der Waals surface area (Å²) in [6.07, 6.45) is 1.09. The number of aromatic nitrogens is 3. The number of fused-ring (bicyclic) bond motifs is 2. The molecule has 0 unspecified atom stereocenters.